The highest BCUT2D eigenvalue weighted by atomic mass is 16.4. The summed E-state index contributed by atoms with van der Waals surface area (Å²) in [4.78, 5) is 67.6. The van der Waals surface area contributed by atoms with Crippen LogP contribution in [0.15, 0.2) is 0 Å². The van der Waals surface area contributed by atoms with Crippen LogP contribution in [0.25, 0.3) is 0 Å². The monoisotopic (exact) mass is 389 g/mol. The molecule has 0 aliphatic rings. The van der Waals surface area contributed by atoms with Crippen molar-refractivity contribution in [1.82, 2.24) is 10.6 Å². The number of hydrogen-bond acceptors (Lipinski definition) is 7. The maximum atomic E-state index is 12.2. The zero-order valence-corrected chi connectivity index (χ0v) is 14.3. The van der Waals surface area contributed by atoms with Crippen molar-refractivity contribution in [3.05, 3.63) is 0 Å². The molecule has 0 rings (SSSR count). The van der Waals surface area contributed by atoms with Crippen molar-refractivity contribution in [3.8, 4) is 0 Å². The third-order valence-electron chi connectivity index (χ3n) is 3.34. The highest BCUT2D eigenvalue weighted by molar-refractivity contribution is 5.93. The molecule has 10 N–H and O–H groups in total. The number of nitrogens with two attached hydrogens (primary N) is 3. The van der Waals surface area contributed by atoms with Gasteiger partial charge in [0.25, 0.3) is 0 Å². The van der Waals surface area contributed by atoms with E-state index in [0.717, 1.165) is 0 Å². The van der Waals surface area contributed by atoms with E-state index in [1.807, 2.05) is 5.32 Å². The molecule has 27 heavy (non-hydrogen) atoms. The first-order valence-electron chi connectivity index (χ1n) is 7.81. The van der Waals surface area contributed by atoms with Gasteiger partial charge in [0.2, 0.25) is 23.6 Å². The van der Waals surface area contributed by atoms with Crippen LogP contribution in [0.3, 0.4) is 0 Å². The van der Waals surface area contributed by atoms with Gasteiger partial charge in [-0.3, -0.25) is 24.0 Å². The normalized spacial score (nSPS) is 13.7. The Balaban J connectivity index is 5.09. The molecule has 0 aliphatic heterocycles. The van der Waals surface area contributed by atoms with Crippen LogP contribution in [-0.4, -0.2) is 63.9 Å². The summed E-state index contributed by atoms with van der Waals surface area (Å²) in [5, 5.41) is 21.9. The summed E-state index contributed by atoms with van der Waals surface area (Å²) >= 11 is 0. The molecule has 3 atom stereocenters. The number of carbonyl (C=O) groups is 6. The molecular weight excluding hydrogens is 366 g/mol. The summed E-state index contributed by atoms with van der Waals surface area (Å²) in [7, 11) is 0. The third-order valence-corrected chi connectivity index (χ3v) is 3.34. The number of rotatable bonds is 13. The van der Waals surface area contributed by atoms with Crippen LogP contribution in [0.2, 0.25) is 0 Å². The number of carboxylic acids is 2. The Hall–Kier alpha value is -3.22. The first-order valence-corrected chi connectivity index (χ1v) is 7.81. The topological polar surface area (TPSA) is 245 Å². The first-order chi connectivity index (χ1) is 12.4. The molecule has 0 saturated heterocycles. The summed E-state index contributed by atoms with van der Waals surface area (Å²) in [5.41, 5.74) is 15.4. The predicted molar refractivity (Wildman–Crippen MR) is 88.6 cm³/mol. The van der Waals surface area contributed by atoms with Crippen LogP contribution in [0.4, 0.5) is 0 Å². The molecule has 0 aliphatic carbocycles. The molecule has 13 heteroatoms. The van der Waals surface area contributed by atoms with Gasteiger partial charge in [-0.2, -0.15) is 0 Å². The van der Waals surface area contributed by atoms with Crippen molar-refractivity contribution >= 4 is 35.6 Å². The van der Waals surface area contributed by atoms with Gasteiger partial charge < -0.3 is 38.0 Å². The lowest BCUT2D eigenvalue weighted by atomic mass is 10.1. The molecule has 0 aromatic carbocycles. The smallest absolute Gasteiger partial charge is 0.326 e. The van der Waals surface area contributed by atoms with Crippen LogP contribution in [0, 0.1) is 0 Å². The van der Waals surface area contributed by atoms with E-state index in [-0.39, 0.29) is 19.3 Å². The van der Waals surface area contributed by atoms with Crippen molar-refractivity contribution in [3.63, 3.8) is 0 Å². The average molecular weight is 389 g/mol. The van der Waals surface area contributed by atoms with Crippen LogP contribution < -0.4 is 27.8 Å². The average Bonchev–Trinajstić information content (AvgIpc) is 2.54. The number of hydrogen-bond donors (Lipinski definition) is 7. The highest BCUT2D eigenvalue weighted by Crippen LogP contribution is 2.03. The SMILES string of the molecule is NC(=O)CC[C@H](N)C(=O)N[C@@H](CCC(=O)O)C(=O)N[C@@H](CC(N)=O)C(=O)O. The summed E-state index contributed by atoms with van der Waals surface area (Å²) in [6.07, 6.45) is -1.85. The quantitative estimate of drug-likeness (QED) is 0.164. The van der Waals surface area contributed by atoms with E-state index in [1.165, 1.54) is 0 Å². The molecule has 152 valence electrons. The van der Waals surface area contributed by atoms with Crippen molar-refractivity contribution in [1.29, 1.82) is 0 Å². The van der Waals surface area contributed by atoms with Crippen LogP contribution in [0.1, 0.15) is 32.1 Å². The molecule has 4 amide bonds. The minimum absolute atomic E-state index is 0.103. The van der Waals surface area contributed by atoms with E-state index in [9.17, 15) is 28.8 Å². The van der Waals surface area contributed by atoms with E-state index in [2.05, 4.69) is 5.32 Å². The summed E-state index contributed by atoms with van der Waals surface area (Å²) < 4.78 is 0. The van der Waals surface area contributed by atoms with Gasteiger partial charge in [-0.05, 0) is 12.8 Å². The second-order valence-corrected chi connectivity index (χ2v) is 5.67. The zero-order valence-electron chi connectivity index (χ0n) is 14.3. The molecule has 0 aromatic rings. The van der Waals surface area contributed by atoms with Crippen LogP contribution in [-0.2, 0) is 28.8 Å². The number of primary amides is 2. The lowest BCUT2D eigenvalue weighted by molar-refractivity contribution is -0.144. The van der Waals surface area contributed by atoms with Gasteiger partial charge in [0, 0.05) is 12.8 Å². The Morgan fingerprint density at radius 1 is 0.778 bits per heavy atom. The van der Waals surface area contributed by atoms with Crippen molar-refractivity contribution in [2.45, 2.75) is 50.2 Å². The summed E-state index contributed by atoms with van der Waals surface area (Å²) in [5.74, 6) is -6.35. The molecular formula is C14H23N5O8. The summed E-state index contributed by atoms with van der Waals surface area (Å²) in [6.45, 7) is 0. The number of carbonyl (C=O) groups excluding carboxylic acids is 4. The first kappa shape index (κ1) is 23.8. The van der Waals surface area contributed by atoms with Crippen molar-refractivity contribution < 1.29 is 39.0 Å². The van der Waals surface area contributed by atoms with Crippen molar-refractivity contribution in [2.75, 3.05) is 0 Å². The number of amides is 4. The van der Waals surface area contributed by atoms with Gasteiger partial charge >= 0.3 is 11.9 Å². The fraction of sp³-hybridized carbons (Fsp3) is 0.571. The van der Waals surface area contributed by atoms with Gasteiger partial charge in [-0.15, -0.1) is 0 Å². The van der Waals surface area contributed by atoms with Gasteiger partial charge in [0.15, 0.2) is 0 Å². The standard InChI is InChI=1S/C14H23N5O8/c15-6(1-3-9(16)20)12(24)18-7(2-4-11(22)23)13(25)19-8(14(26)27)5-10(17)21/h6-8H,1-5,15H2,(H2,16,20)(H2,17,21)(H,18,24)(H,19,25)(H,22,23)(H,26,27)/t6-,7-,8-/m0/s1. The second-order valence-electron chi connectivity index (χ2n) is 5.67. The van der Waals surface area contributed by atoms with Gasteiger partial charge in [-0.1, -0.05) is 0 Å². The van der Waals surface area contributed by atoms with Crippen molar-refractivity contribution in [2.24, 2.45) is 17.2 Å². The molecule has 0 radical (unpaired) electrons. The molecule has 0 bridgehead atoms. The lowest BCUT2D eigenvalue weighted by Crippen LogP contribution is -2.55. The number of carboxylic acid groups (broad SMARTS) is 2. The molecule has 0 fully saturated rings. The minimum Gasteiger partial charge on any atom is -0.481 e. The third kappa shape index (κ3) is 10.4. The minimum atomic E-state index is -1.65. The van der Waals surface area contributed by atoms with Crippen LogP contribution in [0.5, 0.6) is 0 Å². The largest absolute Gasteiger partial charge is 0.481 e. The van der Waals surface area contributed by atoms with E-state index in [4.69, 9.17) is 27.4 Å². The van der Waals surface area contributed by atoms with E-state index in [1.54, 1.807) is 0 Å². The Morgan fingerprint density at radius 2 is 1.33 bits per heavy atom. The Morgan fingerprint density at radius 3 is 1.78 bits per heavy atom. The van der Waals surface area contributed by atoms with Gasteiger partial charge in [0.1, 0.15) is 12.1 Å². The number of nitrogens with one attached hydrogen (secondary N) is 2. The predicted octanol–water partition coefficient (Wildman–Crippen LogP) is -3.63. The fourth-order valence-corrected chi connectivity index (χ4v) is 1.92. The molecule has 13 nitrogen and oxygen atoms in total. The molecule has 0 spiro atoms. The molecule has 0 unspecified atom stereocenters. The molecule has 0 aromatic heterocycles. The zero-order chi connectivity index (χ0) is 21.1. The Labute approximate surface area is 153 Å². The molecule has 0 heterocycles. The summed E-state index contributed by atoms with van der Waals surface area (Å²) in [6, 6.07) is -4.27. The van der Waals surface area contributed by atoms with Crippen LogP contribution >= 0.6 is 0 Å². The maximum absolute atomic E-state index is 12.2. The second kappa shape index (κ2) is 11.4. The van der Waals surface area contributed by atoms with Gasteiger partial charge in [0.05, 0.1) is 12.5 Å². The highest BCUT2D eigenvalue weighted by Gasteiger charge is 2.29. The Bertz CT molecular complexity index is 608. The van der Waals surface area contributed by atoms with E-state index >= 15 is 0 Å². The lowest BCUT2D eigenvalue weighted by Gasteiger charge is -2.22. The Kier molecular flexibility index (Phi) is 10.0. The van der Waals surface area contributed by atoms with E-state index in [0.29, 0.717) is 0 Å². The molecule has 0 saturated carbocycles. The van der Waals surface area contributed by atoms with E-state index < -0.39 is 66.5 Å². The maximum Gasteiger partial charge on any atom is 0.326 e. The van der Waals surface area contributed by atoms with Gasteiger partial charge in [-0.25, -0.2) is 4.79 Å². The number of aliphatic carboxylic acids is 2. The fourth-order valence-electron chi connectivity index (χ4n) is 1.92.